The van der Waals surface area contributed by atoms with E-state index in [4.69, 9.17) is 9.15 Å². The van der Waals surface area contributed by atoms with Gasteiger partial charge in [-0.05, 0) is 42.5 Å². The summed E-state index contributed by atoms with van der Waals surface area (Å²) in [6.45, 7) is 10.2. The molecule has 1 unspecified atom stereocenters. The zero-order valence-electron chi connectivity index (χ0n) is 18.8. The molecule has 1 atom stereocenters. The van der Waals surface area contributed by atoms with Crippen LogP contribution in [0.5, 0.6) is 0 Å². The SMILES string of the molecule is CCOC(=O)C1=C(C)N=c2s/c(=C/c3ccco3)c(=O)n2C1c1ccc(C(C)(C)C)cc1. The number of esters is 1. The topological polar surface area (TPSA) is 73.8 Å². The maximum atomic E-state index is 13.4. The minimum atomic E-state index is -0.613. The van der Waals surface area contributed by atoms with E-state index in [9.17, 15) is 9.59 Å². The first kappa shape index (κ1) is 22.0. The predicted molar refractivity (Wildman–Crippen MR) is 124 cm³/mol. The van der Waals surface area contributed by atoms with Gasteiger partial charge in [-0.1, -0.05) is 56.4 Å². The minimum Gasteiger partial charge on any atom is -0.465 e. The van der Waals surface area contributed by atoms with E-state index in [2.05, 4.69) is 25.8 Å². The van der Waals surface area contributed by atoms with Gasteiger partial charge in [0.2, 0.25) is 0 Å². The van der Waals surface area contributed by atoms with Gasteiger partial charge in [0, 0.05) is 6.08 Å². The van der Waals surface area contributed by atoms with Gasteiger partial charge in [-0.3, -0.25) is 9.36 Å². The number of nitrogens with zero attached hydrogens (tertiary/aromatic N) is 2. The van der Waals surface area contributed by atoms with Gasteiger partial charge in [0.1, 0.15) is 5.76 Å². The Bertz CT molecular complexity index is 1350. The lowest BCUT2D eigenvalue weighted by Gasteiger charge is -2.26. The zero-order chi connectivity index (χ0) is 23.0. The van der Waals surface area contributed by atoms with Gasteiger partial charge in [-0.15, -0.1) is 0 Å². The van der Waals surface area contributed by atoms with Crippen LogP contribution in [0.15, 0.2) is 68.1 Å². The number of carbonyl (C=O) groups is 1. The van der Waals surface area contributed by atoms with E-state index >= 15 is 0 Å². The zero-order valence-corrected chi connectivity index (χ0v) is 19.7. The van der Waals surface area contributed by atoms with Gasteiger partial charge >= 0.3 is 5.97 Å². The van der Waals surface area contributed by atoms with Crippen LogP contribution in [0.3, 0.4) is 0 Å². The lowest BCUT2D eigenvalue weighted by atomic mass is 9.85. The molecular formula is C25H26N2O4S. The molecule has 0 aliphatic carbocycles. The van der Waals surface area contributed by atoms with Gasteiger partial charge in [0.05, 0.1) is 34.7 Å². The normalized spacial score (nSPS) is 16.7. The summed E-state index contributed by atoms with van der Waals surface area (Å²) in [5.74, 6) is 0.127. The Kier molecular flexibility index (Phi) is 5.77. The molecule has 2 aromatic heterocycles. The highest BCUT2D eigenvalue weighted by molar-refractivity contribution is 7.07. The molecule has 4 rings (SSSR count). The Labute approximate surface area is 190 Å². The number of fused-ring (bicyclic) bond motifs is 1. The predicted octanol–water partition coefficient (Wildman–Crippen LogP) is 3.69. The molecule has 1 aromatic carbocycles. The van der Waals surface area contributed by atoms with Gasteiger partial charge < -0.3 is 9.15 Å². The van der Waals surface area contributed by atoms with Crippen LogP contribution >= 0.6 is 11.3 Å². The quantitative estimate of drug-likeness (QED) is 0.569. The van der Waals surface area contributed by atoms with Crippen molar-refractivity contribution in [1.29, 1.82) is 0 Å². The van der Waals surface area contributed by atoms with Gasteiger partial charge in [0.15, 0.2) is 4.80 Å². The van der Waals surface area contributed by atoms with E-state index in [0.717, 1.165) is 5.56 Å². The smallest absolute Gasteiger partial charge is 0.338 e. The Morgan fingerprint density at radius 2 is 1.97 bits per heavy atom. The van der Waals surface area contributed by atoms with Crippen molar-refractivity contribution in [2.24, 2.45) is 4.99 Å². The average molecular weight is 451 g/mol. The largest absolute Gasteiger partial charge is 0.465 e. The second-order valence-corrected chi connectivity index (χ2v) is 9.70. The number of rotatable bonds is 4. The van der Waals surface area contributed by atoms with Crippen molar-refractivity contribution >= 4 is 23.4 Å². The molecule has 3 aromatic rings. The molecule has 0 saturated carbocycles. The van der Waals surface area contributed by atoms with Crippen LogP contribution in [-0.4, -0.2) is 17.1 Å². The Morgan fingerprint density at radius 3 is 2.56 bits per heavy atom. The number of hydrogen-bond donors (Lipinski definition) is 0. The third kappa shape index (κ3) is 4.00. The maximum absolute atomic E-state index is 13.4. The molecule has 0 bridgehead atoms. The third-order valence-electron chi connectivity index (χ3n) is 5.43. The highest BCUT2D eigenvalue weighted by Crippen LogP contribution is 2.32. The second-order valence-electron chi connectivity index (χ2n) is 8.69. The number of aromatic nitrogens is 1. The Balaban J connectivity index is 1.94. The van der Waals surface area contributed by atoms with Crippen molar-refractivity contribution in [2.75, 3.05) is 6.61 Å². The summed E-state index contributed by atoms with van der Waals surface area (Å²) in [7, 11) is 0. The molecule has 166 valence electrons. The fourth-order valence-corrected chi connectivity index (χ4v) is 4.80. The Morgan fingerprint density at radius 1 is 1.25 bits per heavy atom. The van der Waals surface area contributed by atoms with E-state index in [1.807, 2.05) is 24.3 Å². The number of thiazole rings is 1. The van der Waals surface area contributed by atoms with Crippen LogP contribution in [0.4, 0.5) is 0 Å². The Hall–Kier alpha value is -3.19. The van der Waals surface area contributed by atoms with Crippen LogP contribution in [0.25, 0.3) is 6.08 Å². The van der Waals surface area contributed by atoms with E-state index in [0.29, 0.717) is 26.4 Å². The highest BCUT2D eigenvalue weighted by atomic mass is 32.1. The van der Waals surface area contributed by atoms with Crippen molar-refractivity contribution in [1.82, 2.24) is 4.57 Å². The molecule has 0 spiro atoms. The van der Waals surface area contributed by atoms with Gasteiger partial charge in [0.25, 0.3) is 5.56 Å². The summed E-state index contributed by atoms with van der Waals surface area (Å²) in [6, 6.07) is 11.0. The van der Waals surface area contributed by atoms with Crippen LogP contribution < -0.4 is 14.9 Å². The van der Waals surface area contributed by atoms with Gasteiger partial charge in [-0.25, -0.2) is 9.79 Å². The van der Waals surface area contributed by atoms with Crippen molar-refractivity contribution in [3.63, 3.8) is 0 Å². The van der Waals surface area contributed by atoms with E-state index in [1.54, 1.807) is 42.9 Å². The molecule has 7 heteroatoms. The summed E-state index contributed by atoms with van der Waals surface area (Å²) in [4.78, 5) is 31.5. The standard InChI is InChI=1S/C25H26N2O4S/c1-6-30-23(29)20-15(2)26-24-27(22(28)19(32-24)14-18-8-7-13-31-18)21(20)16-9-11-17(12-10-16)25(3,4)5/h7-14,21H,6H2,1-5H3/b19-14+. The van der Waals surface area contributed by atoms with Crippen molar-refractivity contribution in [2.45, 2.75) is 46.1 Å². The van der Waals surface area contributed by atoms with Crippen molar-refractivity contribution in [3.8, 4) is 0 Å². The molecule has 3 heterocycles. The monoisotopic (exact) mass is 450 g/mol. The molecular weight excluding hydrogens is 424 g/mol. The summed E-state index contributed by atoms with van der Waals surface area (Å²) < 4.78 is 12.8. The summed E-state index contributed by atoms with van der Waals surface area (Å²) in [6.07, 6.45) is 3.26. The van der Waals surface area contributed by atoms with Crippen molar-refractivity contribution < 1.29 is 13.9 Å². The number of hydrogen-bond acceptors (Lipinski definition) is 6. The van der Waals surface area contributed by atoms with E-state index < -0.39 is 12.0 Å². The fraction of sp³-hybridized carbons (Fsp3) is 0.320. The molecule has 1 aliphatic heterocycles. The number of allylic oxidation sites excluding steroid dienone is 1. The van der Waals surface area contributed by atoms with Crippen LogP contribution in [0.1, 0.15) is 57.5 Å². The van der Waals surface area contributed by atoms with Crippen LogP contribution in [0.2, 0.25) is 0 Å². The lowest BCUT2D eigenvalue weighted by molar-refractivity contribution is -0.139. The molecule has 0 amide bonds. The van der Waals surface area contributed by atoms with Crippen LogP contribution in [-0.2, 0) is 14.9 Å². The van der Waals surface area contributed by atoms with Gasteiger partial charge in [-0.2, -0.15) is 0 Å². The molecule has 0 saturated heterocycles. The van der Waals surface area contributed by atoms with Crippen LogP contribution in [0, 0.1) is 0 Å². The number of benzene rings is 1. The number of ether oxygens (including phenoxy) is 1. The van der Waals surface area contributed by atoms with E-state index in [-0.39, 0.29) is 17.6 Å². The molecule has 0 radical (unpaired) electrons. The number of furan rings is 1. The second kappa shape index (κ2) is 8.39. The van der Waals surface area contributed by atoms with Crippen molar-refractivity contribution in [3.05, 3.63) is 90.5 Å². The average Bonchev–Trinajstić information content (AvgIpc) is 3.35. The summed E-state index contributed by atoms with van der Waals surface area (Å²) >= 11 is 1.28. The molecule has 0 fully saturated rings. The first-order valence-electron chi connectivity index (χ1n) is 10.5. The first-order valence-corrected chi connectivity index (χ1v) is 11.4. The highest BCUT2D eigenvalue weighted by Gasteiger charge is 2.33. The van der Waals surface area contributed by atoms with E-state index in [1.165, 1.54) is 16.9 Å². The molecule has 0 N–H and O–H groups in total. The minimum absolute atomic E-state index is 0.00823. The molecule has 6 nitrogen and oxygen atoms in total. The first-order chi connectivity index (χ1) is 15.2. The summed E-state index contributed by atoms with van der Waals surface area (Å²) in [5, 5.41) is 0. The third-order valence-corrected chi connectivity index (χ3v) is 6.41. The number of carbonyl (C=O) groups excluding carboxylic acids is 1. The maximum Gasteiger partial charge on any atom is 0.338 e. The fourth-order valence-electron chi connectivity index (χ4n) is 3.77. The molecule has 1 aliphatic rings. The molecule has 32 heavy (non-hydrogen) atoms. The lowest BCUT2D eigenvalue weighted by Crippen LogP contribution is -2.40. The summed E-state index contributed by atoms with van der Waals surface area (Å²) in [5.41, 5.74) is 2.72.